The first-order chi connectivity index (χ1) is 9.33. The summed E-state index contributed by atoms with van der Waals surface area (Å²) in [5.41, 5.74) is 0.0291. The Hall–Kier alpha value is -1.96. The highest BCUT2D eigenvalue weighted by Crippen LogP contribution is 2.34. The van der Waals surface area contributed by atoms with Crippen LogP contribution in [0, 0.1) is 17.0 Å². The average Bonchev–Trinajstić information content (AvgIpc) is 2.39. The largest absolute Gasteiger partial charge is 0.468 e. The molecule has 0 aliphatic carbocycles. The van der Waals surface area contributed by atoms with Gasteiger partial charge in [-0.3, -0.25) is 19.7 Å². The molecule has 0 aliphatic rings. The van der Waals surface area contributed by atoms with E-state index in [9.17, 15) is 19.7 Å². The number of nitrogens with zero attached hydrogens (tertiary/aromatic N) is 1. The molecule has 0 aromatic heterocycles. The van der Waals surface area contributed by atoms with E-state index >= 15 is 0 Å². The van der Waals surface area contributed by atoms with Gasteiger partial charge in [-0.1, -0.05) is 15.9 Å². The number of hydrogen-bond donors (Lipinski definition) is 0. The molecule has 1 rings (SSSR count). The minimum absolute atomic E-state index is 0.0306. The van der Waals surface area contributed by atoms with Crippen LogP contribution in [0.4, 0.5) is 5.69 Å². The van der Waals surface area contributed by atoms with E-state index in [1.165, 1.54) is 6.07 Å². The Balaban J connectivity index is 3.58. The molecule has 0 aliphatic heterocycles. The van der Waals surface area contributed by atoms with Crippen LogP contribution < -0.4 is 0 Å². The summed E-state index contributed by atoms with van der Waals surface area (Å²) in [6.45, 7) is 1.56. The van der Waals surface area contributed by atoms with Gasteiger partial charge in [0.05, 0.1) is 24.7 Å². The fourth-order valence-electron chi connectivity index (χ4n) is 1.83. The van der Waals surface area contributed by atoms with E-state index in [1.54, 1.807) is 13.0 Å². The van der Waals surface area contributed by atoms with E-state index in [0.29, 0.717) is 10.0 Å². The third kappa shape index (κ3) is 3.13. The van der Waals surface area contributed by atoms with Gasteiger partial charge in [0.25, 0.3) is 5.69 Å². The molecule has 0 atom stereocenters. The molecule has 0 heterocycles. The Morgan fingerprint density at radius 3 is 2.15 bits per heavy atom. The number of rotatable bonds is 4. The normalized spacial score (nSPS) is 10.2. The molecule has 0 N–H and O–H groups in total. The first-order valence-electron chi connectivity index (χ1n) is 5.43. The Kier molecular flexibility index (Phi) is 5.20. The SMILES string of the molecule is COC(=O)C(C(=O)OC)c1c(C)cc(Br)cc1[N+](=O)[O-]. The van der Waals surface area contributed by atoms with Gasteiger partial charge in [0, 0.05) is 10.5 Å². The van der Waals surface area contributed by atoms with Crippen LogP contribution in [0.25, 0.3) is 0 Å². The number of hydrogen-bond acceptors (Lipinski definition) is 6. The molecule has 1 aromatic carbocycles. The number of benzene rings is 1. The number of carbonyl (C=O) groups excluding carboxylic acids is 2. The van der Waals surface area contributed by atoms with Crippen molar-refractivity contribution in [3.05, 3.63) is 37.8 Å². The third-order valence-corrected chi connectivity index (χ3v) is 3.15. The van der Waals surface area contributed by atoms with Crippen molar-refractivity contribution >= 4 is 33.6 Å². The second-order valence-electron chi connectivity index (χ2n) is 3.89. The van der Waals surface area contributed by atoms with Crippen molar-refractivity contribution in [1.29, 1.82) is 0 Å². The maximum Gasteiger partial charge on any atom is 0.324 e. The maximum atomic E-state index is 11.8. The molecule has 0 bridgehead atoms. The first-order valence-corrected chi connectivity index (χ1v) is 6.22. The van der Waals surface area contributed by atoms with E-state index in [4.69, 9.17) is 0 Å². The third-order valence-electron chi connectivity index (χ3n) is 2.69. The van der Waals surface area contributed by atoms with Crippen LogP contribution in [-0.4, -0.2) is 31.1 Å². The number of carbonyl (C=O) groups is 2. The number of methoxy groups -OCH3 is 2. The second-order valence-corrected chi connectivity index (χ2v) is 4.81. The van der Waals surface area contributed by atoms with Crippen molar-refractivity contribution in [3.63, 3.8) is 0 Å². The van der Waals surface area contributed by atoms with E-state index in [1.807, 2.05) is 0 Å². The van der Waals surface area contributed by atoms with Gasteiger partial charge < -0.3 is 9.47 Å². The van der Waals surface area contributed by atoms with Gasteiger partial charge in [0.1, 0.15) is 0 Å². The lowest BCUT2D eigenvalue weighted by Crippen LogP contribution is -2.26. The zero-order valence-corrected chi connectivity index (χ0v) is 12.6. The first kappa shape index (κ1) is 16.1. The zero-order valence-electron chi connectivity index (χ0n) is 11.0. The molecule has 0 fully saturated rings. The van der Waals surface area contributed by atoms with Crippen LogP contribution in [0.2, 0.25) is 0 Å². The number of aryl methyl sites for hydroxylation is 1. The summed E-state index contributed by atoms with van der Waals surface area (Å²) in [4.78, 5) is 34.0. The summed E-state index contributed by atoms with van der Waals surface area (Å²) in [5, 5.41) is 11.1. The number of nitro groups is 1. The van der Waals surface area contributed by atoms with E-state index < -0.39 is 22.8 Å². The van der Waals surface area contributed by atoms with E-state index in [2.05, 4.69) is 25.4 Å². The average molecular weight is 346 g/mol. The lowest BCUT2D eigenvalue weighted by molar-refractivity contribution is -0.385. The summed E-state index contributed by atoms with van der Waals surface area (Å²) in [5.74, 6) is -3.31. The van der Waals surface area contributed by atoms with Crippen LogP contribution in [0.1, 0.15) is 17.0 Å². The minimum Gasteiger partial charge on any atom is -0.468 e. The molecule has 0 unspecified atom stereocenters. The standard InChI is InChI=1S/C12H12BrNO6/c1-6-4-7(13)5-8(14(17)18)9(6)10(11(15)19-2)12(16)20-3/h4-5,10H,1-3H3. The maximum absolute atomic E-state index is 11.8. The van der Waals surface area contributed by atoms with Crippen LogP contribution in [0.15, 0.2) is 16.6 Å². The molecule has 7 nitrogen and oxygen atoms in total. The lowest BCUT2D eigenvalue weighted by atomic mass is 9.93. The van der Waals surface area contributed by atoms with Crippen molar-refractivity contribution < 1.29 is 24.0 Å². The van der Waals surface area contributed by atoms with Crippen LogP contribution in [0.5, 0.6) is 0 Å². The highest BCUT2D eigenvalue weighted by atomic mass is 79.9. The summed E-state index contributed by atoms with van der Waals surface area (Å²) in [6.07, 6.45) is 0. The second kappa shape index (κ2) is 6.47. The fourth-order valence-corrected chi connectivity index (χ4v) is 2.39. The van der Waals surface area contributed by atoms with Crippen molar-refractivity contribution in [2.45, 2.75) is 12.8 Å². The Labute approximate surface area is 123 Å². The highest BCUT2D eigenvalue weighted by molar-refractivity contribution is 9.10. The van der Waals surface area contributed by atoms with Gasteiger partial charge in [-0.05, 0) is 18.6 Å². The summed E-state index contributed by atoms with van der Waals surface area (Å²) < 4.78 is 9.54. The van der Waals surface area contributed by atoms with Crippen molar-refractivity contribution in [2.24, 2.45) is 0 Å². The molecule has 0 spiro atoms. The number of halogens is 1. The number of ether oxygens (including phenoxy) is 2. The van der Waals surface area contributed by atoms with Crippen LogP contribution in [0.3, 0.4) is 0 Å². The summed E-state index contributed by atoms with van der Waals surface area (Å²) >= 11 is 3.14. The van der Waals surface area contributed by atoms with Gasteiger partial charge in [0.2, 0.25) is 0 Å². The monoisotopic (exact) mass is 345 g/mol. The number of esters is 2. The molecule has 0 saturated carbocycles. The predicted octanol–water partition coefficient (Wildman–Crippen LogP) is 2.10. The molecule has 1 aromatic rings. The zero-order chi connectivity index (χ0) is 15.4. The quantitative estimate of drug-likeness (QED) is 0.359. The van der Waals surface area contributed by atoms with Crippen molar-refractivity contribution in [2.75, 3.05) is 14.2 Å². The molecule has 20 heavy (non-hydrogen) atoms. The molecule has 0 saturated heterocycles. The van der Waals surface area contributed by atoms with Gasteiger partial charge in [0.15, 0.2) is 5.92 Å². The molecule has 0 amide bonds. The van der Waals surface area contributed by atoms with E-state index in [0.717, 1.165) is 14.2 Å². The van der Waals surface area contributed by atoms with Gasteiger partial charge in [-0.15, -0.1) is 0 Å². The van der Waals surface area contributed by atoms with Crippen LogP contribution >= 0.6 is 15.9 Å². The van der Waals surface area contributed by atoms with Crippen molar-refractivity contribution in [1.82, 2.24) is 0 Å². The molecular weight excluding hydrogens is 334 g/mol. The van der Waals surface area contributed by atoms with Crippen LogP contribution in [-0.2, 0) is 19.1 Å². The molecular formula is C12H12BrNO6. The lowest BCUT2D eigenvalue weighted by Gasteiger charge is -2.15. The summed E-state index contributed by atoms with van der Waals surface area (Å²) in [6, 6.07) is 2.79. The Morgan fingerprint density at radius 2 is 1.75 bits per heavy atom. The smallest absolute Gasteiger partial charge is 0.324 e. The van der Waals surface area contributed by atoms with Crippen molar-refractivity contribution in [3.8, 4) is 0 Å². The van der Waals surface area contributed by atoms with Gasteiger partial charge in [-0.25, -0.2) is 0 Å². The summed E-state index contributed by atoms with van der Waals surface area (Å²) in [7, 11) is 2.19. The van der Waals surface area contributed by atoms with Gasteiger partial charge >= 0.3 is 11.9 Å². The highest BCUT2D eigenvalue weighted by Gasteiger charge is 2.37. The topological polar surface area (TPSA) is 95.7 Å². The minimum atomic E-state index is -1.49. The predicted molar refractivity (Wildman–Crippen MR) is 72.3 cm³/mol. The molecule has 108 valence electrons. The fraction of sp³-hybridized carbons (Fsp3) is 0.333. The molecule has 0 radical (unpaired) electrons. The Morgan fingerprint density at radius 1 is 1.25 bits per heavy atom. The Bertz CT molecular complexity index is 555. The van der Waals surface area contributed by atoms with Gasteiger partial charge in [-0.2, -0.15) is 0 Å². The number of nitro benzene ring substituents is 1. The molecule has 8 heteroatoms. The van der Waals surface area contributed by atoms with E-state index in [-0.39, 0.29) is 11.3 Å².